The monoisotopic (exact) mass is 382 g/mol. The Bertz CT molecular complexity index is 773. The maximum atomic E-state index is 13.3. The van der Waals surface area contributed by atoms with Crippen LogP contribution in [0.3, 0.4) is 0 Å². The van der Waals surface area contributed by atoms with E-state index in [4.69, 9.17) is 5.73 Å². The number of benzene rings is 1. The summed E-state index contributed by atoms with van der Waals surface area (Å²) in [6.45, 7) is 1.70. The first-order valence-electron chi connectivity index (χ1n) is 6.87. The molecule has 0 bridgehead atoms. The molecule has 2 rings (SSSR count). The Balaban J connectivity index is 2.03. The van der Waals surface area contributed by atoms with Gasteiger partial charge in [-0.1, -0.05) is 0 Å². The standard InChI is InChI=1S/C14H12F6N4O2/c1-8-7-24(12(21)23-8)22-6-9-2-4-10(5-3-9)25-13(16,17)11(15)26-14(18,19)20/h2-7,11H,1H3,(H2,21,23). The van der Waals surface area contributed by atoms with E-state index in [1.54, 1.807) is 13.1 Å². The summed E-state index contributed by atoms with van der Waals surface area (Å²) in [5, 5.41) is 3.98. The Labute approximate surface area is 142 Å². The van der Waals surface area contributed by atoms with Crippen LogP contribution in [-0.2, 0) is 4.74 Å². The third kappa shape index (κ3) is 5.37. The van der Waals surface area contributed by atoms with E-state index in [0.29, 0.717) is 11.3 Å². The predicted molar refractivity (Wildman–Crippen MR) is 78.4 cm³/mol. The fraction of sp³-hybridized carbons (Fsp3) is 0.286. The normalized spacial score (nSPS) is 14.0. The maximum Gasteiger partial charge on any atom is 0.525 e. The van der Waals surface area contributed by atoms with E-state index in [1.807, 2.05) is 0 Å². The minimum absolute atomic E-state index is 0.136. The summed E-state index contributed by atoms with van der Waals surface area (Å²) in [5.74, 6) is -0.435. The molecular formula is C14H12F6N4O2. The fourth-order valence-corrected chi connectivity index (χ4v) is 1.74. The molecule has 1 aromatic heterocycles. The van der Waals surface area contributed by atoms with Gasteiger partial charge in [0, 0.05) is 0 Å². The number of hydrogen-bond acceptors (Lipinski definition) is 5. The van der Waals surface area contributed by atoms with Crippen LogP contribution >= 0.6 is 0 Å². The third-order valence-corrected chi connectivity index (χ3v) is 2.80. The van der Waals surface area contributed by atoms with Crippen molar-refractivity contribution in [2.45, 2.75) is 25.8 Å². The summed E-state index contributed by atoms with van der Waals surface area (Å²) >= 11 is 0. The number of ether oxygens (including phenoxy) is 2. The number of rotatable bonds is 6. The molecule has 0 spiro atoms. The number of nitrogens with zero attached hydrogens (tertiary/aromatic N) is 3. The zero-order chi connectivity index (χ0) is 19.5. The molecule has 1 aromatic carbocycles. The first kappa shape index (κ1) is 19.6. The topological polar surface area (TPSA) is 74.7 Å². The van der Waals surface area contributed by atoms with E-state index >= 15 is 0 Å². The quantitative estimate of drug-likeness (QED) is 0.613. The van der Waals surface area contributed by atoms with Crippen LogP contribution in [0, 0.1) is 6.92 Å². The molecule has 2 aromatic rings. The Morgan fingerprint density at radius 2 is 1.81 bits per heavy atom. The number of anilines is 1. The molecule has 6 nitrogen and oxygen atoms in total. The third-order valence-electron chi connectivity index (χ3n) is 2.80. The van der Waals surface area contributed by atoms with Gasteiger partial charge in [0.1, 0.15) is 5.75 Å². The number of nitrogens with two attached hydrogens (primary N) is 1. The van der Waals surface area contributed by atoms with Crippen molar-refractivity contribution in [3.05, 3.63) is 41.7 Å². The minimum atomic E-state index is -5.57. The van der Waals surface area contributed by atoms with Crippen molar-refractivity contribution >= 4 is 12.2 Å². The minimum Gasteiger partial charge on any atom is -0.429 e. The highest BCUT2D eigenvalue weighted by molar-refractivity contribution is 5.79. The van der Waals surface area contributed by atoms with Crippen LogP contribution in [0.25, 0.3) is 0 Å². The van der Waals surface area contributed by atoms with Gasteiger partial charge in [-0.05, 0) is 36.8 Å². The lowest BCUT2D eigenvalue weighted by Gasteiger charge is -2.22. The van der Waals surface area contributed by atoms with Gasteiger partial charge in [-0.2, -0.15) is 13.9 Å². The lowest BCUT2D eigenvalue weighted by molar-refractivity contribution is -0.411. The molecule has 1 heterocycles. The van der Waals surface area contributed by atoms with Gasteiger partial charge >= 0.3 is 18.8 Å². The van der Waals surface area contributed by atoms with Crippen LogP contribution in [0.1, 0.15) is 11.3 Å². The number of alkyl halides is 6. The van der Waals surface area contributed by atoms with Gasteiger partial charge in [-0.3, -0.25) is 0 Å². The lowest BCUT2D eigenvalue weighted by Crippen LogP contribution is -2.41. The largest absolute Gasteiger partial charge is 0.525 e. The highest BCUT2D eigenvalue weighted by atomic mass is 19.4. The van der Waals surface area contributed by atoms with Gasteiger partial charge in [0.05, 0.1) is 18.1 Å². The van der Waals surface area contributed by atoms with Crippen LogP contribution in [-0.4, -0.2) is 34.7 Å². The van der Waals surface area contributed by atoms with Crippen molar-refractivity contribution in [1.82, 2.24) is 9.66 Å². The lowest BCUT2D eigenvalue weighted by atomic mass is 10.2. The molecule has 0 amide bonds. The molecule has 2 N–H and O–H groups in total. The molecule has 1 unspecified atom stereocenters. The number of nitrogen functional groups attached to an aromatic ring is 1. The summed E-state index contributed by atoms with van der Waals surface area (Å²) in [4.78, 5) is 3.92. The average molecular weight is 382 g/mol. The van der Waals surface area contributed by atoms with Crippen LogP contribution in [0.5, 0.6) is 5.75 Å². The van der Waals surface area contributed by atoms with Crippen molar-refractivity contribution in [1.29, 1.82) is 0 Å². The number of aromatic nitrogens is 2. The Hall–Kier alpha value is -2.76. The first-order chi connectivity index (χ1) is 12.0. The number of halogens is 6. The van der Waals surface area contributed by atoms with Gasteiger partial charge < -0.3 is 10.5 Å². The second-order valence-corrected chi connectivity index (χ2v) is 4.94. The van der Waals surface area contributed by atoms with Crippen molar-refractivity contribution in [2.75, 3.05) is 5.73 Å². The Morgan fingerprint density at radius 3 is 2.31 bits per heavy atom. The number of imidazole rings is 1. The first-order valence-corrected chi connectivity index (χ1v) is 6.87. The van der Waals surface area contributed by atoms with Gasteiger partial charge in [0.25, 0.3) is 0 Å². The van der Waals surface area contributed by atoms with E-state index in [0.717, 1.165) is 12.1 Å². The van der Waals surface area contributed by atoms with Crippen molar-refractivity contribution in [3.8, 4) is 5.75 Å². The zero-order valence-electron chi connectivity index (χ0n) is 13.0. The molecule has 142 valence electrons. The van der Waals surface area contributed by atoms with E-state index < -0.39 is 24.6 Å². The molecule has 0 saturated carbocycles. The molecule has 0 fully saturated rings. The van der Waals surface area contributed by atoms with Gasteiger partial charge in [-0.25, -0.2) is 18.8 Å². The van der Waals surface area contributed by atoms with E-state index in [9.17, 15) is 26.3 Å². The molecule has 26 heavy (non-hydrogen) atoms. The molecular weight excluding hydrogens is 370 g/mol. The van der Waals surface area contributed by atoms with Gasteiger partial charge in [0.15, 0.2) is 0 Å². The van der Waals surface area contributed by atoms with Gasteiger partial charge in [-0.15, -0.1) is 13.2 Å². The second kappa shape index (κ2) is 7.23. The van der Waals surface area contributed by atoms with Crippen LogP contribution in [0.4, 0.5) is 32.3 Å². The Kier molecular flexibility index (Phi) is 5.44. The SMILES string of the molecule is Cc1cn(N=Cc2ccc(OC(F)(F)C(F)OC(F)(F)F)cc2)c(N)n1. The summed E-state index contributed by atoms with van der Waals surface area (Å²) in [6, 6.07) is 4.54. The summed E-state index contributed by atoms with van der Waals surface area (Å²) in [5.41, 5.74) is 6.64. The smallest absolute Gasteiger partial charge is 0.429 e. The predicted octanol–water partition coefficient (Wildman–Crippen LogP) is 3.46. The number of aryl methyl sites for hydroxylation is 1. The van der Waals surface area contributed by atoms with Crippen molar-refractivity contribution in [3.63, 3.8) is 0 Å². The van der Waals surface area contributed by atoms with Crippen LogP contribution in [0.2, 0.25) is 0 Å². The molecule has 0 aliphatic carbocycles. The Morgan fingerprint density at radius 1 is 1.19 bits per heavy atom. The maximum absolute atomic E-state index is 13.3. The molecule has 12 heteroatoms. The van der Waals surface area contributed by atoms with E-state index in [-0.39, 0.29) is 5.95 Å². The summed E-state index contributed by atoms with van der Waals surface area (Å²) in [6.07, 6.45) is -11.6. The fourth-order valence-electron chi connectivity index (χ4n) is 1.74. The van der Waals surface area contributed by atoms with Crippen molar-refractivity contribution in [2.24, 2.45) is 5.10 Å². The zero-order valence-corrected chi connectivity index (χ0v) is 13.0. The average Bonchev–Trinajstić information content (AvgIpc) is 2.82. The van der Waals surface area contributed by atoms with E-state index in [1.165, 1.54) is 23.0 Å². The highest BCUT2D eigenvalue weighted by Gasteiger charge is 2.50. The van der Waals surface area contributed by atoms with E-state index in [2.05, 4.69) is 19.6 Å². The van der Waals surface area contributed by atoms with Crippen LogP contribution < -0.4 is 10.5 Å². The molecule has 0 aliphatic rings. The molecule has 0 radical (unpaired) electrons. The summed E-state index contributed by atoms with van der Waals surface area (Å²) in [7, 11) is 0. The highest BCUT2D eigenvalue weighted by Crippen LogP contribution is 2.31. The molecule has 1 atom stereocenters. The molecule has 0 aliphatic heterocycles. The van der Waals surface area contributed by atoms with Crippen LogP contribution in [0.15, 0.2) is 35.6 Å². The summed E-state index contributed by atoms with van der Waals surface area (Å²) < 4.78 is 82.7. The number of hydrogen-bond donors (Lipinski definition) is 1. The van der Waals surface area contributed by atoms with Crippen molar-refractivity contribution < 1.29 is 35.8 Å². The molecule has 0 saturated heterocycles. The second-order valence-electron chi connectivity index (χ2n) is 4.94. The van der Waals surface area contributed by atoms with Gasteiger partial charge in [0.2, 0.25) is 5.95 Å².